The summed E-state index contributed by atoms with van der Waals surface area (Å²) in [7, 11) is 0. The first kappa shape index (κ1) is 20.5. The van der Waals surface area contributed by atoms with Crippen molar-refractivity contribution in [1.82, 2.24) is 15.5 Å². The van der Waals surface area contributed by atoms with Crippen LogP contribution >= 0.6 is 11.3 Å². The van der Waals surface area contributed by atoms with E-state index < -0.39 is 0 Å². The lowest BCUT2D eigenvalue weighted by Crippen LogP contribution is -2.49. The third-order valence-corrected chi connectivity index (χ3v) is 7.15. The summed E-state index contributed by atoms with van der Waals surface area (Å²) in [6.07, 6.45) is 1.97. The van der Waals surface area contributed by atoms with Crippen molar-refractivity contribution < 1.29 is 14.4 Å². The van der Waals surface area contributed by atoms with E-state index in [4.69, 9.17) is 0 Å². The van der Waals surface area contributed by atoms with Crippen molar-refractivity contribution in [3.05, 3.63) is 81.7 Å². The molecule has 2 N–H and O–H groups in total. The Bertz CT molecular complexity index is 1200. The maximum Gasteiger partial charge on any atom is 0.261 e. The average molecular weight is 446 g/mol. The Morgan fingerprint density at radius 3 is 2.62 bits per heavy atom. The summed E-state index contributed by atoms with van der Waals surface area (Å²) in [6.45, 7) is 1.47. The van der Waals surface area contributed by atoms with Gasteiger partial charge in [-0.15, -0.1) is 11.3 Å². The van der Waals surface area contributed by atoms with Crippen molar-refractivity contribution in [3.63, 3.8) is 0 Å². The minimum Gasteiger partial charge on any atom is -0.353 e. The Morgan fingerprint density at radius 1 is 1.03 bits per heavy atom. The molecule has 7 heteroatoms. The molecule has 0 radical (unpaired) electrons. The van der Waals surface area contributed by atoms with Crippen LogP contribution in [0.1, 0.15) is 36.7 Å². The van der Waals surface area contributed by atoms with Gasteiger partial charge < -0.3 is 15.5 Å². The zero-order chi connectivity index (χ0) is 22.1. The van der Waals surface area contributed by atoms with Crippen LogP contribution in [0.3, 0.4) is 0 Å². The highest BCUT2D eigenvalue weighted by molar-refractivity contribution is 7.17. The molecule has 3 amide bonds. The summed E-state index contributed by atoms with van der Waals surface area (Å²) in [4.78, 5) is 40.3. The van der Waals surface area contributed by atoms with Crippen molar-refractivity contribution >= 4 is 29.1 Å². The molecule has 2 aromatic carbocycles. The molecule has 0 bridgehead atoms. The fourth-order valence-electron chi connectivity index (χ4n) is 4.21. The number of carbonyl (C=O) groups excluding carboxylic acids is 3. The number of fused-ring (bicyclic) bond motifs is 3. The van der Waals surface area contributed by atoms with E-state index in [-0.39, 0.29) is 24.3 Å². The number of nitrogens with zero attached hydrogens (tertiary/aromatic N) is 1. The number of carbonyl (C=O) groups is 3. The SMILES string of the molecule is O=C1CN(C(=O)c2ccc(CNC(=O)c3cc4c(s3)-c3ccccc3CC4)cc2)CCN1. The van der Waals surface area contributed by atoms with Gasteiger partial charge in [0.15, 0.2) is 0 Å². The second kappa shape index (κ2) is 8.59. The normalized spacial score (nSPS) is 14.9. The van der Waals surface area contributed by atoms with Gasteiger partial charge in [0.25, 0.3) is 11.8 Å². The molecule has 1 fully saturated rings. The molecule has 1 aliphatic heterocycles. The lowest BCUT2D eigenvalue weighted by molar-refractivity contribution is -0.123. The second-order valence-corrected chi connectivity index (χ2v) is 9.13. The topological polar surface area (TPSA) is 78.5 Å². The summed E-state index contributed by atoms with van der Waals surface area (Å²) in [5.74, 6) is -0.371. The quantitative estimate of drug-likeness (QED) is 0.648. The minimum absolute atomic E-state index is 0.0821. The van der Waals surface area contributed by atoms with Crippen molar-refractivity contribution in [2.45, 2.75) is 19.4 Å². The molecular weight excluding hydrogens is 422 g/mol. The van der Waals surface area contributed by atoms with Crippen LogP contribution < -0.4 is 10.6 Å². The molecule has 1 saturated heterocycles. The molecule has 32 heavy (non-hydrogen) atoms. The van der Waals surface area contributed by atoms with Gasteiger partial charge in [-0.3, -0.25) is 14.4 Å². The maximum atomic E-state index is 12.8. The van der Waals surface area contributed by atoms with E-state index >= 15 is 0 Å². The van der Waals surface area contributed by atoms with E-state index in [2.05, 4.69) is 28.8 Å². The van der Waals surface area contributed by atoms with Crippen LogP contribution in [0.4, 0.5) is 0 Å². The van der Waals surface area contributed by atoms with Crippen molar-refractivity contribution in [2.75, 3.05) is 19.6 Å². The van der Waals surface area contributed by atoms with Crippen LogP contribution in [0.25, 0.3) is 10.4 Å². The molecule has 6 nitrogen and oxygen atoms in total. The van der Waals surface area contributed by atoms with Gasteiger partial charge in [0, 0.05) is 30.1 Å². The highest BCUT2D eigenvalue weighted by atomic mass is 32.1. The minimum atomic E-state index is -0.153. The van der Waals surface area contributed by atoms with Gasteiger partial charge in [0.1, 0.15) is 0 Å². The summed E-state index contributed by atoms with van der Waals surface area (Å²) in [5, 5.41) is 5.71. The zero-order valence-corrected chi connectivity index (χ0v) is 18.3. The molecule has 0 unspecified atom stereocenters. The lowest BCUT2D eigenvalue weighted by Gasteiger charge is -2.26. The summed E-state index contributed by atoms with van der Waals surface area (Å²) in [6, 6.07) is 17.6. The van der Waals surface area contributed by atoms with Gasteiger partial charge in [-0.05, 0) is 53.3 Å². The fourth-order valence-corrected chi connectivity index (χ4v) is 5.40. The summed E-state index contributed by atoms with van der Waals surface area (Å²) < 4.78 is 0. The molecule has 0 saturated carbocycles. The molecule has 5 rings (SSSR count). The third-order valence-electron chi connectivity index (χ3n) is 5.94. The number of nitrogens with one attached hydrogen (secondary N) is 2. The highest BCUT2D eigenvalue weighted by Crippen LogP contribution is 2.39. The largest absolute Gasteiger partial charge is 0.353 e. The Labute approximate surface area is 190 Å². The van der Waals surface area contributed by atoms with Crippen LogP contribution in [0.5, 0.6) is 0 Å². The first-order valence-electron chi connectivity index (χ1n) is 10.7. The molecule has 3 aromatic rings. The zero-order valence-electron chi connectivity index (χ0n) is 17.5. The number of hydrogen-bond donors (Lipinski definition) is 2. The van der Waals surface area contributed by atoms with E-state index in [1.165, 1.54) is 21.6 Å². The van der Waals surface area contributed by atoms with E-state index in [1.54, 1.807) is 28.4 Å². The van der Waals surface area contributed by atoms with Crippen molar-refractivity contribution in [1.29, 1.82) is 0 Å². The molecule has 2 heterocycles. The number of benzene rings is 2. The van der Waals surface area contributed by atoms with Crippen molar-refractivity contribution in [3.8, 4) is 10.4 Å². The molecule has 1 aromatic heterocycles. The molecular formula is C25H23N3O3S. The average Bonchev–Trinajstić information content (AvgIpc) is 3.27. The van der Waals surface area contributed by atoms with Gasteiger partial charge in [0.2, 0.25) is 5.91 Å². The molecule has 0 atom stereocenters. The van der Waals surface area contributed by atoms with Crippen LogP contribution in [-0.4, -0.2) is 42.3 Å². The van der Waals surface area contributed by atoms with Crippen LogP contribution in [0.15, 0.2) is 54.6 Å². The van der Waals surface area contributed by atoms with Crippen LogP contribution in [-0.2, 0) is 24.2 Å². The van der Waals surface area contributed by atoms with E-state index in [9.17, 15) is 14.4 Å². The number of rotatable bonds is 4. The first-order chi connectivity index (χ1) is 15.6. The molecule has 0 spiro atoms. The van der Waals surface area contributed by atoms with Crippen LogP contribution in [0.2, 0.25) is 0 Å². The van der Waals surface area contributed by atoms with Crippen molar-refractivity contribution in [2.24, 2.45) is 0 Å². The second-order valence-electron chi connectivity index (χ2n) is 8.08. The number of amides is 3. The number of aryl methyl sites for hydroxylation is 2. The molecule has 1 aliphatic carbocycles. The highest BCUT2D eigenvalue weighted by Gasteiger charge is 2.23. The van der Waals surface area contributed by atoms with Gasteiger partial charge in [-0.25, -0.2) is 0 Å². The number of thiophene rings is 1. The summed E-state index contributed by atoms with van der Waals surface area (Å²) in [5.41, 5.74) is 5.28. The Kier molecular flexibility index (Phi) is 5.49. The molecule has 162 valence electrons. The monoisotopic (exact) mass is 445 g/mol. The first-order valence-corrected chi connectivity index (χ1v) is 11.5. The fraction of sp³-hybridized carbons (Fsp3) is 0.240. The standard InChI is InChI=1S/C25H23N3O3S/c29-22-15-28(12-11-26-22)25(31)18-7-5-16(6-8-18)14-27-24(30)21-13-19-10-9-17-3-1-2-4-20(17)23(19)32-21/h1-8,13H,9-12,14-15H2,(H,26,29)(H,27,30). The van der Waals surface area contributed by atoms with Crippen LogP contribution in [0, 0.1) is 0 Å². The Balaban J connectivity index is 1.22. The predicted molar refractivity (Wildman–Crippen MR) is 124 cm³/mol. The Morgan fingerprint density at radius 2 is 1.81 bits per heavy atom. The summed E-state index contributed by atoms with van der Waals surface area (Å²) >= 11 is 1.55. The van der Waals surface area contributed by atoms with E-state index in [0.717, 1.165) is 23.3 Å². The van der Waals surface area contributed by atoms with Gasteiger partial charge >= 0.3 is 0 Å². The maximum absolute atomic E-state index is 12.8. The number of piperazine rings is 1. The van der Waals surface area contributed by atoms with E-state index in [0.29, 0.717) is 25.2 Å². The lowest BCUT2D eigenvalue weighted by atomic mass is 9.91. The third kappa shape index (κ3) is 4.03. The smallest absolute Gasteiger partial charge is 0.261 e. The van der Waals surface area contributed by atoms with Gasteiger partial charge in [-0.2, -0.15) is 0 Å². The van der Waals surface area contributed by atoms with Gasteiger partial charge in [-0.1, -0.05) is 36.4 Å². The molecule has 2 aliphatic rings. The van der Waals surface area contributed by atoms with E-state index in [1.807, 2.05) is 24.3 Å². The Hall–Kier alpha value is -3.45. The van der Waals surface area contributed by atoms with Gasteiger partial charge in [0.05, 0.1) is 11.4 Å². The number of hydrogen-bond acceptors (Lipinski definition) is 4. The predicted octanol–water partition coefficient (Wildman–Crippen LogP) is 3.02.